The van der Waals surface area contributed by atoms with Crippen LogP contribution in [-0.4, -0.2) is 116 Å². The summed E-state index contributed by atoms with van der Waals surface area (Å²) in [5.74, 6) is 0.126. The van der Waals surface area contributed by atoms with Crippen molar-refractivity contribution in [2.45, 2.75) is 174 Å². The summed E-state index contributed by atoms with van der Waals surface area (Å²) >= 11 is 0. The molecular formula is C41H66O12. The summed E-state index contributed by atoms with van der Waals surface area (Å²) in [7, 11) is 0. The third kappa shape index (κ3) is 5.94. The Bertz CT molecular complexity index is 1430. The Morgan fingerprint density at radius 1 is 0.811 bits per heavy atom. The van der Waals surface area contributed by atoms with Crippen LogP contribution in [0.2, 0.25) is 0 Å². The van der Waals surface area contributed by atoms with Gasteiger partial charge in [0.15, 0.2) is 12.6 Å². The number of carbonyl (C=O) groups is 1. The minimum absolute atomic E-state index is 0.00541. The highest BCUT2D eigenvalue weighted by molar-refractivity contribution is 5.76. The lowest BCUT2D eigenvalue weighted by molar-refractivity contribution is -0.361. The summed E-state index contributed by atoms with van der Waals surface area (Å²) in [6, 6.07) is 0. The smallest absolute Gasteiger partial charge is 0.310 e. The largest absolute Gasteiger partial charge is 0.481 e. The lowest BCUT2D eigenvalue weighted by Gasteiger charge is -2.71. The quantitative estimate of drug-likeness (QED) is 0.155. The maximum atomic E-state index is 13.0. The predicted octanol–water partition coefficient (Wildman–Crippen LogP) is 3.52. The first-order chi connectivity index (χ1) is 24.7. The van der Waals surface area contributed by atoms with Gasteiger partial charge in [-0.05, 0) is 109 Å². The van der Waals surface area contributed by atoms with Gasteiger partial charge in [-0.3, -0.25) is 4.79 Å². The fourth-order valence-electron chi connectivity index (χ4n) is 13.4. The number of ether oxygens (including phenoxy) is 4. The zero-order valence-electron chi connectivity index (χ0n) is 32.7. The fraction of sp³-hybridized carbons (Fsp3) is 0.927. The number of fused-ring (bicyclic) bond motifs is 7. The van der Waals surface area contributed by atoms with Crippen molar-refractivity contribution in [3.8, 4) is 0 Å². The van der Waals surface area contributed by atoms with E-state index in [0.29, 0.717) is 12.3 Å². The molecule has 0 aromatic carbocycles. The normalized spacial score (nSPS) is 53.3. The van der Waals surface area contributed by atoms with E-state index in [1.54, 1.807) is 0 Å². The van der Waals surface area contributed by atoms with Crippen molar-refractivity contribution in [3.05, 3.63) is 11.6 Å². The van der Waals surface area contributed by atoms with Crippen LogP contribution < -0.4 is 0 Å². The fourth-order valence-corrected chi connectivity index (χ4v) is 13.4. The molecule has 17 atom stereocenters. The van der Waals surface area contributed by atoms with E-state index in [1.807, 2.05) is 0 Å². The summed E-state index contributed by atoms with van der Waals surface area (Å²) in [5, 5.41) is 73.9. The molecule has 2 heterocycles. The number of aliphatic carboxylic acids is 1. The Morgan fingerprint density at radius 3 is 2.19 bits per heavy atom. The van der Waals surface area contributed by atoms with Crippen molar-refractivity contribution < 1.29 is 59.5 Å². The second-order valence-electron chi connectivity index (χ2n) is 20.2. The minimum atomic E-state index is -1.63. The molecule has 6 fully saturated rings. The Labute approximate surface area is 314 Å². The molecule has 7 aliphatic rings. The highest BCUT2D eigenvalue weighted by Crippen LogP contribution is 2.76. The van der Waals surface area contributed by atoms with Gasteiger partial charge < -0.3 is 54.7 Å². The first kappa shape index (κ1) is 40.0. The Balaban J connectivity index is 1.12. The first-order valence-corrected chi connectivity index (χ1v) is 20.2. The van der Waals surface area contributed by atoms with E-state index in [4.69, 9.17) is 18.9 Å². The van der Waals surface area contributed by atoms with Crippen LogP contribution in [0.25, 0.3) is 0 Å². The Hall–Kier alpha value is -1.19. The molecule has 302 valence electrons. The molecule has 53 heavy (non-hydrogen) atoms. The molecule has 7 N–H and O–H groups in total. The van der Waals surface area contributed by atoms with Crippen molar-refractivity contribution in [1.29, 1.82) is 0 Å². The SMILES string of the molecule is CC1(C)CC[C@]2(C(=O)O)CC[C@]3(C)C(=CC[C@@H]4[C@@]5(C)CC[C@H](O[C@@H]6O[C@H](CO)[C@@H](O)[C@H](O[C@@H]7OC[C@@H](O)[C@H](O)[C@H]7O)[C@H]6O)C(C)(C)[C@@H]5CC[C@]43C)[C@@H]2C1. The third-order valence-corrected chi connectivity index (χ3v) is 16.9. The van der Waals surface area contributed by atoms with E-state index in [2.05, 4.69) is 54.5 Å². The van der Waals surface area contributed by atoms with Crippen LogP contribution in [0.5, 0.6) is 0 Å². The second-order valence-corrected chi connectivity index (χ2v) is 20.2. The molecule has 0 amide bonds. The molecular weight excluding hydrogens is 684 g/mol. The van der Waals surface area contributed by atoms with Crippen LogP contribution in [0, 0.1) is 50.2 Å². The van der Waals surface area contributed by atoms with E-state index >= 15 is 0 Å². The minimum Gasteiger partial charge on any atom is -0.481 e. The van der Waals surface area contributed by atoms with Crippen molar-refractivity contribution in [3.63, 3.8) is 0 Å². The van der Waals surface area contributed by atoms with E-state index in [1.165, 1.54) is 5.57 Å². The van der Waals surface area contributed by atoms with Gasteiger partial charge in [0.25, 0.3) is 0 Å². The molecule has 0 bridgehead atoms. The van der Waals surface area contributed by atoms with E-state index in [0.717, 1.165) is 57.8 Å². The van der Waals surface area contributed by atoms with Gasteiger partial charge in [-0.25, -0.2) is 0 Å². The second kappa shape index (κ2) is 13.5. The lowest BCUT2D eigenvalue weighted by Crippen LogP contribution is -2.66. The monoisotopic (exact) mass is 750 g/mol. The third-order valence-electron chi connectivity index (χ3n) is 16.9. The van der Waals surface area contributed by atoms with Crippen LogP contribution in [-0.2, 0) is 23.7 Å². The number of hydrogen-bond acceptors (Lipinski definition) is 11. The molecule has 5 aliphatic carbocycles. The molecule has 0 aromatic rings. The zero-order valence-corrected chi connectivity index (χ0v) is 32.7. The van der Waals surface area contributed by atoms with Gasteiger partial charge in [-0.2, -0.15) is 0 Å². The van der Waals surface area contributed by atoms with Crippen LogP contribution in [0.3, 0.4) is 0 Å². The van der Waals surface area contributed by atoms with Crippen LogP contribution in [0.15, 0.2) is 11.6 Å². The van der Waals surface area contributed by atoms with Gasteiger partial charge in [0, 0.05) is 0 Å². The molecule has 2 aliphatic heterocycles. The molecule has 0 aromatic heterocycles. The lowest BCUT2D eigenvalue weighted by atomic mass is 9.33. The zero-order chi connectivity index (χ0) is 38.7. The van der Waals surface area contributed by atoms with E-state index in [9.17, 15) is 40.5 Å². The van der Waals surface area contributed by atoms with Gasteiger partial charge in [0.1, 0.15) is 42.7 Å². The number of hydrogen-bond donors (Lipinski definition) is 7. The number of allylic oxidation sites excluding steroid dienone is 2. The average Bonchev–Trinajstić information content (AvgIpc) is 3.08. The predicted molar refractivity (Wildman–Crippen MR) is 192 cm³/mol. The number of carboxylic acid groups (broad SMARTS) is 1. The first-order valence-electron chi connectivity index (χ1n) is 20.2. The standard InChI is InChI=1S/C41H66O12/c1-36(2)14-16-41(35(48)49)17-15-39(6)21(22(41)18-36)8-9-26-38(5)12-11-27(37(3,4)25(38)10-13-40(26,39)7)52-34-31(47)32(29(45)24(19-42)51-34)53-33-30(46)28(44)23(43)20-50-33/h8,22-34,42-47H,9-20H2,1-7H3,(H,48,49)/t22-,23+,24+,25-,26+,27-,28-,29+,30+,31+,32-,33-,34-,38-,39+,40+,41-/m0/s1. The van der Waals surface area contributed by atoms with Gasteiger partial charge in [-0.15, -0.1) is 0 Å². The molecule has 0 radical (unpaired) electrons. The van der Waals surface area contributed by atoms with Crippen LogP contribution >= 0.6 is 0 Å². The maximum Gasteiger partial charge on any atom is 0.310 e. The number of carboxylic acids is 1. The highest BCUT2D eigenvalue weighted by Gasteiger charge is 2.69. The van der Waals surface area contributed by atoms with Crippen molar-refractivity contribution in [2.24, 2.45) is 50.2 Å². The highest BCUT2D eigenvalue weighted by atomic mass is 16.7. The molecule has 0 unspecified atom stereocenters. The number of aliphatic hydroxyl groups is 6. The Morgan fingerprint density at radius 2 is 1.51 bits per heavy atom. The summed E-state index contributed by atoms with van der Waals surface area (Å²) in [5.41, 5.74) is 0.411. The van der Waals surface area contributed by atoms with E-state index < -0.39 is 73.3 Å². The van der Waals surface area contributed by atoms with Crippen LogP contribution in [0.4, 0.5) is 0 Å². The molecule has 7 rings (SSSR count). The van der Waals surface area contributed by atoms with Gasteiger partial charge in [0.2, 0.25) is 0 Å². The molecule has 0 spiro atoms. The van der Waals surface area contributed by atoms with Crippen molar-refractivity contribution >= 4 is 5.97 Å². The summed E-state index contributed by atoms with van der Waals surface area (Å²) < 4.78 is 23.8. The summed E-state index contributed by atoms with van der Waals surface area (Å²) in [6.07, 6.45) is -1.75. The number of aliphatic hydroxyl groups excluding tert-OH is 6. The molecule has 4 saturated carbocycles. The molecule has 12 heteroatoms. The molecule has 2 saturated heterocycles. The maximum absolute atomic E-state index is 13.0. The van der Waals surface area contributed by atoms with Crippen molar-refractivity contribution in [2.75, 3.05) is 13.2 Å². The van der Waals surface area contributed by atoms with E-state index in [-0.39, 0.29) is 51.6 Å². The number of rotatable bonds is 6. The van der Waals surface area contributed by atoms with Crippen molar-refractivity contribution in [1.82, 2.24) is 0 Å². The van der Waals surface area contributed by atoms with Gasteiger partial charge in [-0.1, -0.05) is 60.1 Å². The Kier molecular flexibility index (Phi) is 10.2. The topological polar surface area (TPSA) is 196 Å². The average molecular weight is 751 g/mol. The van der Waals surface area contributed by atoms with Gasteiger partial charge >= 0.3 is 5.97 Å². The molecule has 12 nitrogen and oxygen atoms in total. The summed E-state index contributed by atoms with van der Waals surface area (Å²) in [6.45, 7) is 15.6. The van der Waals surface area contributed by atoms with Gasteiger partial charge in [0.05, 0.1) is 24.7 Å². The summed E-state index contributed by atoms with van der Waals surface area (Å²) in [4.78, 5) is 13.0. The van der Waals surface area contributed by atoms with Crippen LogP contribution in [0.1, 0.15) is 113 Å².